The van der Waals surface area contributed by atoms with Gasteiger partial charge in [0, 0.05) is 17.3 Å². The lowest BCUT2D eigenvalue weighted by Gasteiger charge is -2.35. The standard InChI is InChI=1S/C26H31O4PS/c1-3-29-25(27)24(17-14-20-10-6-5-7-11-20)26(31-28,30-4-2)19-32-23-16-15-21-12-8-9-13-22(21)18-23/h5-13,15-16,18,24H,3-4,14,17,19,31H2,1-2H3. The molecule has 170 valence electrons. The Balaban J connectivity index is 1.85. The number of ether oxygens (including phenoxy) is 2. The second kappa shape index (κ2) is 12.2. The number of fused-ring (bicyclic) bond motifs is 1. The molecule has 3 rings (SSSR count). The van der Waals surface area contributed by atoms with E-state index < -0.39 is 19.7 Å². The molecule has 0 aliphatic carbocycles. The van der Waals surface area contributed by atoms with Crippen LogP contribution in [-0.4, -0.2) is 30.3 Å². The Morgan fingerprint density at radius 2 is 1.69 bits per heavy atom. The summed E-state index contributed by atoms with van der Waals surface area (Å²) in [6, 6.07) is 24.5. The normalized spacial score (nSPS) is 14.4. The van der Waals surface area contributed by atoms with Crippen LogP contribution < -0.4 is 0 Å². The maximum atomic E-state index is 13.0. The fraction of sp³-hybridized carbons (Fsp3) is 0.346. The summed E-state index contributed by atoms with van der Waals surface area (Å²) in [5, 5.41) is 1.28. The minimum absolute atomic E-state index is 0.287. The van der Waals surface area contributed by atoms with Gasteiger partial charge in [-0.1, -0.05) is 60.7 Å². The van der Waals surface area contributed by atoms with Gasteiger partial charge in [0.15, 0.2) is 0 Å². The van der Waals surface area contributed by atoms with Crippen LogP contribution in [0.5, 0.6) is 0 Å². The number of esters is 1. The monoisotopic (exact) mass is 470 g/mol. The van der Waals surface area contributed by atoms with E-state index in [-0.39, 0.29) is 12.6 Å². The van der Waals surface area contributed by atoms with Gasteiger partial charge in [0.25, 0.3) is 0 Å². The number of carbonyl (C=O) groups is 1. The Labute approximate surface area is 195 Å². The molecule has 3 aromatic rings. The Morgan fingerprint density at radius 3 is 2.38 bits per heavy atom. The van der Waals surface area contributed by atoms with Crippen LogP contribution >= 0.6 is 20.2 Å². The van der Waals surface area contributed by atoms with E-state index in [0.717, 1.165) is 15.8 Å². The summed E-state index contributed by atoms with van der Waals surface area (Å²) in [5.74, 6) is -0.501. The second-order valence-corrected chi connectivity index (χ2v) is 9.89. The third-order valence-electron chi connectivity index (χ3n) is 5.52. The van der Waals surface area contributed by atoms with Gasteiger partial charge in [0.2, 0.25) is 0 Å². The van der Waals surface area contributed by atoms with Gasteiger partial charge in [-0.05, 0) is 55.2 Å². The van der Waals surface area contributed by atoms with Crippen LogP contribution in [0.1, 0.15) is 25.8 Å². The molecule has 3 atom stereocenters. The van der Waals surface area contributed by atoms with E-state index in [1.807, 2.05) is 49.4 Å². The van der Waals surface area contributed by atoms with E-state index in [1.54, 1.807) is 18.7 Å². The molecule has 0 fully saturated rings. The third-order valence-corrected chi connectivity index (χ3v) is 8.17. The van der Waals surface area contributed by atoms with Crippen molar-refractivity contribution in [2.45, 2.75) is 36.9 Å². The van der Waals surface area contributed by atoms with Crippen LogP contribution in [0.2, 0.25) is 0 Å². The zero-order valence-corrected chi connectivity index (χ0v) is 20.6. The summed E-state index contributed by atoms with van der Waals surface area (Å²) >= 11 is 1.58. The largest absolute Gasteiger partial charge is 0.466 e. The maximum absolute atomic E-state index is 13.0. The van der Waals surface area contributed by atoms with Crippen molar-refractivity contribution >= 4 is 37.0 Å². The van der Waals surface area contributed by atoms with Gasteiger partial charge >= 0.3 is 5.97 Å². The maximum Gasteiger partial charge on any atom is 0.312 e. The highest BCUT2D eigenvalue weighted by Gasteiger charge is 2.44. The van der Waals surface area contributed by atoms with E-state index in [9.17, 15) is 9.36 Å². The number of carbonyl (C=O) groups excluding carboxylic acids is 1. The van der Waals surface area contributed by atoms with Gasteiger partial charge in [-0.25, -0.2) is 0 Å². The van der Waals surface area contributed by atoms with Crippen molar-refractivity contribution in [1.82, 2.24) is 0 Å². The number of benzene rings is 3. The molecule has 4 nitrogen and oxygen atoms in total. The number of thioether (sulfide) groups is 1. The minimum atomic E-state index is -1.37. The highest BCUT2D eigenvalue weighted by molar-refractivity contribution is 7.99. The summed E-state index contributed by atoms with van der Waals surface area (Å²) in [5.41, 5.74) is 1.13. The van der Waals surface area contributed by atoms with E-state index in [2.05, 4.69) is 30.3 Å². The van der Waals surface area contributed by atoms with Gasteiger partial charge in [-0.15, -0.1) is 11.8 Å². The van der Waals surface area contributed by atoms with Crippen molar-refractivity contribution in [3.8, 4) is 0 Å². The quantitative estimate of drug-likeness (QED) is 0.178. The molecule has 0 heterocycles. The molecule has 3 aromatic carbocycles. The van der Waals surface area contributed by atoms with Crippen LogP contribution in [0.3, 0.4) is 0 Å². The summed E-state index contributed by atoms with van der Waals surface area (Å²) in [7, 11) is -1.37. The Bertz CT molecular complexity index is 1030. The van der Waals surface area contributed by atoms with Crippen LogP contribution in [0, 0.1) is 5.92 Å². The van der Waals surface area contributed by atoms with E-state index in [0.29, 0.717) is 25.2 Å². The van der Waals surface area contributed by atoms with Crippen LogP contribution in [0.4, 0.5) is 0 Å². The first-order valence-electron chi connectivity index (χ1n) is 11.0. The van der Waals surface area contributed by atoms with Crippen molar-refractivity contribution < 1.29 is 18.8 Å². The number of hydrogen-bond donors (Lipinski definition) is 0. The van der Waals surface area contributed by atoms with Gasteiger partial charge in [0.05, 0.1) is 21.0 Å². The summed E-state index contributed by atoms with van der Waals surface area (Å²) < 4.78 is 24.2. The zero-order valence-electron chi connectivity index (χ0n) is 18.7. The molecule has 0 saturated heterocycles. The van der Waals surface area contributed by atoms with Gasteiger partial charge in [0.1, 0.15) is 5.34 Å². The third kappa shape index (κ3) is 6.25. The number of aryl methyl sites for hydroxylation is 1. The van der Waals surface area contributed by atoms with Gasteiger partial charge in [-0.3, -0.25) is 4.79 Å². The first kappa shape index (κ1) is 24.6. The molecule has 0 aromatic heterocycles. The lowest BCUT2D eigenvalue weighted by Crippen LogP contribution is -2.43. The lowest BCUT2D eigenvalue weighted by molar-refractivity contribution is -0.155. The van der Waals surface area contributed by atoms with Crippen molar-refractivity contribution in [2.75, 3.05) is 19.0 Å². The smallest absolute Gasteiger partial charge is 0.312 e. The minimum Gasteiger partial charge on any atom is -0.466 e. The summed E-state index contributed by atoms with van der Waals surface area (Å²) in [6.07, 6.45) is 1.22. The molecule has 0 aliphatic rings. The molecule has 0 bridgehead atoms. The van der Waals surface area contributed by atoms with Crippen LogP contribution in [-0.2, 0) is 25.3 Å². The molecular weight excluding hydrogens is 439 g/mol. The molecule has 0 N–H and O–H groups in total. The molecule has 6 heteroatoms. The van der Waals surface area contributed by atoms with Crippen LogP contribution in [0.15, 0.2) is 77.7 Å². The SMILES string of the molecule is CCOC(=O)C(CCc1ccccc1)C(CSc1ccc2ccccc2c1)(OCC)[PH2]=O. The highest BCUT2D eigenvalue weighted by atomic mass is 32.2. The molecule has 0 saturated carbocycles. The molecular formula is C26H31O4PS. The molecule has 32 heavy (non-hydrogen) atoms. The lowest BCUT2D eigenvalue weighted by atomic mass is 9.94. The Morgan fingerprint density at radius 1 is 0.969 bits per heavy atom. The number of rotatable bonds is 12. The molecule has 3 unspecified atom stereocenters. The fourth-order valence-corrected chi connectivity index (χ4v) is 6.15. The highest BCUT2D eigenvalue weighted by Crippen LogP contribution is 2.42. The van der Waals surface area contributed by atoms with Crippen molar-refractivity contribution in [3.63, 3.8) is 0 Å². The van der Waals surface area contributed by atoms with Crippen molar-refractivity contribution in [1.29, 1.82) is 0 Å². The Hall–Kier alpha value is -2.07. The average Bonchev–Trinajstić information content (AvgIpc) is 2.83. The second-order valence-electron chi connectivity index (χ2n) is 7.63. The Kier molecular flexibility index (Phi) is 9.40. The average molecular weight is 471 g/mol. The van der Waals surface area contributed by atoms with E-state index in [1.165, 1.54) is 5.39 Å². The predicted octanol–water partition coefficient (Wildman–Crippen LogP) is 6.23. The molecule has 0 amide bonds. The molecule has 0 aliphatic heterocycles. The fourth-order valence-electron chi connectivity index (χ4n) is 3.88. The van der Waals surface area contributed by atoms with E-state index >= 15 is 0 Å². The van der Waals surface area contributed by atoms with Crippen molar-refractivity contribution in [3.05, 3.63) is 78.4 Å². The first-order valence-corrected chi connectivity index (χ1v) is 13.1. The number of hydrogen-bond acceptors (Lipinski definition) is 5. The predicted molar refractivity (Wildman–Crippen MR) is 134 cm³/mol. The van der Waals surface area contributed by atoms with Crippen molar-refractivity contribution in [2.24, 2.45) is 5.92 Å². The summed E-state index contributed by atoms with van der Waals surface area (Å²) in [6.45, 7) is 4.34. The topological polar surface area (TPSA) is 52.6 Å². The zero-order chi connectivity index (χ0) is 22.8. The van der Waals surface area contributed by atoms with E-state index in [4.69, 9.17) is 9.47 Å². The van der Waals surface area contributed by atoms with Crippen LogP contribution in [0.25, 0.3) is 10.8 Å². The van der Waals surface area contributed by atoms with Gasteiger partial charge in [-0.2, -0.15) is 0 Å². The molecule has 0 spiro atoms. The van der Waals surface area contributed by atoms with Gasteiger partial charge < -0.3 is 14.0 Å². The summed E-state index contributed by atoms with van der Waals surface area (Å²) in [4.78, 5) is 14.1. The molecule has 0 radical (unpaired) electrons. The first-order chi connectivity index (χ1) is 15.6.